The molecule has 0 fully saturated rings. The van der Waals surface area contributed by atoms with Crippen molar-refractivity contribution in [2.45, 2.75) is 6.92 Å². The van der Waals surface area contributed by atoms with Gasteiger partial charge in [-0.15, -0.1) is 0 Å². The quantitative estimate of drug-likeness (QED) is 0.798. The standard InChI is InChI=1S/C17H17BrN2O2S/c1-3-22-15-10-9-12(18)11-14(15)16(21)19-17(23)20(2)13-7-5-4-6-8-13/h4-11H,3H2,1-2H3,(H,19,21,23). The van der Waals surface area contributed by atoms with Crippen LogP contribution in [0, 0.1) is 0 Å². The minimum atomic E-state index is -0.303. The lowest BCUT2D eigenvalue weighted by molar-refractivity contribution is 0.0973. The van der Waals surface area contributed by atoms with Crippen molar-refractivity contribution in [3.8, 4) is 5.75 Å². The molecule has 6 heteroatoms. The van der Waals surface area contributed by atoms with Gasteiger partial charge in [-0.05, 0) is 49.5 Å². The van der Waals surface area contributed by atoms with Gasteiger partial charge in [0.25, 0.3) is 5.91 Å². The summed E-state index contributed by atoms with van der Waals surface area (Å²) in [6.07, 6.45) is 0. The molecule has 2 rings (SSSR count). The molecule has 0 saturated heterocycles. The number of thiocarbonyl (C=S) groups is 1. The van der Waals surface area contributed by atoms with Crippen molar-refractivity contribution < 1.29 is 9.53 Å². The zero-order valence-electron chi connectivity index (χ0n) is 12.9. The number of amides is 1. The topological polar surface area (TPSA) is 41.6 Å². The Morgan fingerprint density at radius 1 is 1.26 bits per heavy atom. The van der Waals surface area contributed by atoms with Gasteiger partial charge in [-0.1, -0.05) is 34.1 Å². The first-order valence-electron chi connectivity index (χ1n) is 7.09. The Balaban J connectivity index is 2.15. The molecule has 2 aromatic carbocycles. The Labute approximate surface area is 149 Å². The minimum Gasteiger partial charge on any atom is -0.493 e. The lowest BCUT2D eigenvalue weighted by atomic mass is 10.2. The maximum atomic E-state index is 12.5. The molecular weight excluding hydrogens is 376 g/mol. The highest BCUT2D eigenvalue weighted by atomic mass is 79.9. The highest BCUT2D eigenvalue weighted by Crippen LogP contribution is 2.23. The van der Waals surface area contributed by atoms with Crippen LogP contribution >= 0.6 is 28.1 Å². The number of anilines is 1. The zero-order valence-corrected chi connectivity index (χ0v) is 15.3. The fourth-order valence-corrected chi connectivity index (χ4v) is 2.54. The molecule has 0 bridgehead atoms. The third-order valence-corrected chi connectivity index (χ3v) is 4.02. The molecule has 4 nitrogen and oxygen atoms in total. The van der Waals surface area contributed by atoms with E-state index in [0.717, 1.165) is 10.2 Å². The van der Waals surface area contributed by atoms with Crippen molar-refractivity contribution >= 4 is 44.9 Å². The number of para-hydroxylation sites is 1. The fraction of sp³-hybridized carbons (Fsp3) is 0.176. The summed E-state index contributed by atoms with van der Waals surface area (Å²) in [4.78, 5) is 14.3. The van der Waals surface area contributed by atoms with E-state index in [-0.39, 0.29) is 5.91 Å². The number of carbonyl (C=O) groups is 1. The van der Waals surface area contributed by atoms with E-state index in [9.17, 15) is 4.79 Å². The molecular formula is C17H17BrN2O2S. The van der Waals surface area contributed by atoms with Crippen LogP contribution in [-0.4, -0.2) is 24.7 Å². The second kappa shape index (κ2) is 8.08. The largest absolute Gasteiger partial charge is 0.493 e. The summed E-state index contributed by atoms with van der Waals surface area (Å²) in [6, 6.07) is 14.9. The van der Waals surface area contributed by atoms with Crippen molar-refractivity contribution in [1.29, 1.82) is 0 Å². The van der Waals surface area contributed by atoms with Crippen molar-refractivity contribution in [3.63, 3.8) is 0 Å². The van der Waals surface area contributed by atoms with Crippen molar-refractivity contribution in [2.75, 3.05) is 18.6 Å². The van der Waals surface area contributed by atoms with E-state index in [2.05, 4.69) is 21.2 Å². The first kappa shape index (κ1) is 17.4. The monoisotopic (exact) mass is 392 g/mol. The predicted octanol–water partition coefficient (Wildman–Crippen LogP) is 4.00. The van der Waals surface area contributed by atoms with Gasteiger partial charge in [0.05, 0.1) is 12.2 Å². The van der Waals surface area contributed by atoms with Gasteiger partial charge in [0.2, 0.25) is 0 Å². The van der Waals surface area contributed by atoms with Crippen LogP contribution < -0.4 is 15.0 Å². The Bertz CT molecular complexity index is 707. The Kier molecular flexibility index (Phi) is 6.12. The van der Waals surface area contributed by atoms with Crippen molar-refractivity contribution in [2.24, 2.45) is 0 Å². The molecule has 0 spiro atoms. The molecule has 0 unspecified atom stereocenters. The van der Waals surface area contributed by atoms with Gasteiger partial charge in [0.15, 0.2) is 5.11 Å². The summed E-state index contributed by atoms with van der Waals surface area (Å²) in [5.74, 6) is 0.223. The molecule has 0 atom stereocenters. The summed E-state index contributed by atoms with van der Waals surface area (Å²) >= 11 is 8.69. The van der Waals surface area contributed by atoms with Gasteiger partial charge < -0.3 is 9.64 Å². The lowest BCUT2D eigenvalue weighted by Gasteiger charge is -2.21. The van der Waals surface area contributed by atoms with Crippen molar-refractivity contribution in [1.82, 2.24) is 5.32 Å². The van der Waals surface area contributed by atoms with E-state index in [1.807, 2.05) is 50.4 Å². The number of nitrogens with one attached hydrogen (secondary N) is 1. The van der Waals surface area contributed by atoms with Gasteiger partial charge in [-0.3, -0.25) is 10.1 Å². The molecule has 0 aromatic heterocycles. The van der Waals surface area contributed by atoms with E-state index in [4.69, 9.17) is 17.0 Å². The second-order valence-corrected chi connectivity index (χ2v) is 6.03. The van der Waals surface area contributed by atoms with E-state index in [1.54, 1.807) is 17.0 Å². The molecule has 23 heavy (non-hydrogen) atoms. The van der Waals surface area contributed by atoms with E-state index in [0.29, 0.717) is 23.0 Å². The number of nitrogens with zero attached hydrogens (tertiary/aromatic N) is 1. The molecule has 1 N–H and O–H groups in total. The zero-order chi connectivity index (χ0) is 16.8. The van der Waals surface area contributed by atoms with Gasteiger partial charge in [0.1, 0.15) is 5.75 Å². The molecule has 0 radical (unpaired) electrons. The van der Waals surface area contributed by atoms with Crippen LogP contribution in [0.5, 0.6) is 5.75 Å². The number of hydrogen-bond acceptors (Lipinski definition) is 3. The Morgan fingerprint density at radius 2 is 1.96 bits per heavy atom. The number of carbonyl (C=O) groups excluding carboxylic acids is 1. The average Bonchev–Trinajstić information content (AvgIpc) is 2.56. The van der Waals surface area contributed by atoms with E-state index < -0.39 is 0 Å². The van der Waals surface area contributed by atoms with E-state index >= 15 is 0 Å². The SMILES string of the molecule is CCOc1ccc(Br)cc1C(=O)NC(=S)N(C)c1ccccc1. The molecule has 0 aliphatic carbocycles. The summed E-state index contributed by atoms with van der Waals surface area (Å²) in [7, 11) is 1.81. The third kappa shape index (κ3) is 4.53. The maximum absolute atomic E-state index is 12.5. The molecule has 0 aliphatic rings. The number of benzene rings is 2. The molecule has 0 aliphatic heterocycles. The van der Waals surface area contributed by atoms with Crippen LogP contribution in [0.4, 0.5) is 5.69 Å². The van der Waals surface area contributed by atoms with Crippen LogP contribution in [0.25, 0.3) is 0 Å². The summed E-state index contributed by atoms with van der Waals surface area (Å²) in [5.41, 5.74) is 1.34. The smallest absolute Gasteiger partial charge is 0.261 e. The van der Waals surface area contributed by atoms with Gasteiger partial charge >= 0.3 is 0 Å². The van der Waals surface area contributed by atoms with Crippen LogP contribution in [-0.2, 0) is 0 Å². The average molecular weight is 393 g/mol. The van der Waals surface area contributed by atoms with Crippen LogP contribution in [0.3, 0.4) is 0 Å². The summed E-state index contributed by atoms with van der Waals surface area (Å²) in [5, 5.41) is 3.06. The van der Waals surface area contributed by atoms with Crippen LogP contribution in [0.2, 0.25) is 0 Å². The molecule has 1 amide bonds. The van der Waals surface area contributed by atoms with E-state index in [1.165, 1.54) is 0 Å². The van der Waals surface area contributed by atoms with Crippen LogP contribution in [0.1, 0.15) is 17.3 Å². The Morgan fingerprint density at radius 3 is 2.61 bits per heavy atom. The first-order valence-corrected chi connectivity index (χ1v) is 8.29. The van der Waals surface area contributed by atoms with Gasteiger partial charge in [-0.2, -0.15) is 0 Å². The number of hydrogen-bond donors (Lipinski definition) is 1. The molecule has 0 saturated carbocycles. The summed E-state index contributed by atoms with van der Waals surface area (Å²) in [6.45, 7) is 2.35. The third-order valence-electron chi connectivity index (χ3n) is 3.15. The highest BCUT2D eigenvalue weighted by Gasteiger charge is 2.16. The second-order valence-electron chi connectivity index (χ2n) is 4.73. The van der Waals surface area contributed by atoms with Crippen molar-refractivity contribution in [3.05, 3.63) is 58.6 Å². The predicted molar refractivity (Wildman–Crippen MR) is 100 cm³/mol. The summed E-state index contributed by atoms with van der Waals surface area (Å²) < 4.78 is 6.30. The van der Waals surface area contributed by atoms with Gasteiger partial charge in [0, 0.05) is 17.2 Å². The normalized spacial score (nSPS) is 10.0. The Hall–Kier alpha value is -1.92. The fourth-order valence-electron chi connectivity index (χ4n) is 1.98. The lowest BCUT2D eigenvalue weighted by Crippen LogP contribution is -2.40. The molecule has 120 valence electrons. The number of halogens is 1. The minimum absolute atomic E-state index is 0.303. The first-order chi connectivity index (χ1) is 11.0. The highest BCUT2D eigenvalue weighted by molar-refractivity contribution is 9.10. The van der Waals surface area contributed by atoms with Gasteiger partial charge in [-0.25, -0.2) is 0 Å². The molecule has 0 heterocycles. The van der Waals surface area contributed by atoms with Crippen LogP contribution in [0.15, 0.2) is 53.0 Å². The maximum Gasteiger partial charge on any atom is 0.261 e. The molecule has 2 aromatic rings. The number of ether oxygens (including phenoxy) is 1. The number of rotatable bonds is 4.